The first-order valence-corrected chi connectivity index (χ1v) is 10.8. The van der Waals surface area contributed by atoms with Gasteiger partial charge in [-0.3, -0.25) is 4.79 Å². The average Bonchev–Trinajstić information content (AvgIpc) is 3.34. The van der Waals surface area contributed by atoms with Crippen LogP contribution in [-0.2, 0) is 4.79 Å². The van der Waals surface area contributed by atoms with E-state index in [9.17, 15) is 9.90 Å². The molecule has 2 aromatic heterocycles. The minimum absolute atomic E-state index is 0.0381. The van der Waals surface area contributed by atoms with Crippen LogP contribution in [0, 0.1) is 0 Å². The van der Waals surface area contributed by atoms with Gasteiger partial charge in [-0.05, 0) is 30.7 Å². The number of aliphatic imine (C=N–C) groups is 1. The van der Waals surface area contributed by atoms with Crippen LogP contribution in [-0.4, -0.2) is 77.1 Å². The van der Waals surface area contributed by atoms with Gasteiger partial charge in [0.2, 0.25) is 0 Å². The van der Waals surface area contributed by atoms with E-state index >= 15 is 0 Å². The predicted molar refractivity (Wildman–Crippen MR) is 120 cm³/mol. The lowest BCUT2D eigenvalue weighted by Gasteiger charge is -2.28. The minimum atomic E-state index is -0.0710. The van der Waals surface area contributed by atoms with Gasteiger partial charge in [-0.15, -0.1) is 5.10 Å². The zero-order valence-corrected chi connectivity index (χ0v) is 18.2. The van der Waals surface area contributed by atoms with Gasteiger partial charge in [-0.1, -0.05) is 6.07 Å². The number of carbonyl (C=O) groups is 1. The molecule has 2 aromatic rings. The second kappa shape index (κ2) is 9.03. The van der Waals surface area contributed by atoms with Crippen LogP contribution >= 0.6 is 0 Å². The molecule has 8 heteroatoms. The van der Waals surface area contributed by atoms with E-state index in [-0.39, 0.29) is 12.4 Å². The molecule has 0 bridgehead atoms. The summed E-state index contributed by atoms with van der Waals surface area (Å²) in [4.78, 5) is 17.0. The lowest BCUT2D eigenvalue weighted by Crippen LogP contribution is -2.43. The number of nitrogens with zero attached hydrogens (tertiary/aromatic N) is 4. The van der Waals surface area contributed by atoms with Gasteiger partial charge in [0.25, 0.3) is 5.88 Å². The Morgan fingerprint density at radius 2 is 2.10 bits per heavy atom. The predicted octanol–water partition coefficient (Wildman–Crippen LogP) is 2.02. The second-order valence-electron chi connectivity index (χ2n) is 8.43. The Morgan fingerprint density at radius 3 is 2.87 bits per heavy atom. The number of likely N-dealkylation sites (tertiary alicyclic amines) is 1. The van der Waals surface area contributed by atoms with Gasteiger partial charge in [-0.25, -0.2) is 9.51 Å². The number of allylic oxidation sites excluding steroid dienone is 3. The number of quaternary nitrogens is 1. The third kappa shape index (κ3) is 4.70. The number of likely N-dealkylation sites (N-methyl/N-ethyl adjacent to an activating group) is 1. The lowest BCUT2D eigenvalue weighted by molar-refractivity contribution is -0.897. The molecule has 0 saturated carbocycles. The summed E-state index contributed by atoms with van der Waals surface area (Å²) in [5, 5.41) is 16.9. The van der Waals surface area contributed by atoms with Gasteiger partial charge >= 0.3 is 0 Å². The van der Waals surface area contributed by atoms with Crippen molar-refractivity contribution in [1.29, 1.82) is 0 Å². The largest absolute Gasteiger partial charge is 0.469 e. The van der Waals surface area contributed by atoms with Crippen LogP contribution in [0.3, 0.4) is 0 Å². The molecule has 1 fully saturated rings. The van der Waals surface area contributed by atoms with E-state index in [2.05, 4.69) is 17.5 Å². The molecule has 0 atom stereocenters. The zero-order chi connectivity index (χ0) is 21.8. The van der Waals surface area contributed by atoms with E-state index in [4.69, 9.17) is 9.73 Å². The lowest BCUT2D eigenvalue weighted by atomic mass is 10.0. The Bertz CT molecular complexity index is 1060. The summed E-state index contributed by atoms with van der Waals surface area (Å²) in [5.41, 5.74) is 3.28. The maximum absolute atomic E-state index is 12.1. The first kappa shape index (κ1) is 21.3. The summed E-state index contributed by atoms with van der Waals surface area (Å²) in [6.07, 6.45) is 7.68. The Kier molecular flexibility index (Phi) is 6.20. The fourth-order valence-electron chi connectivity index (χ4n) is 4.07. The molecule has 0 spiro atoms. The van der Waals surface area contributed by atoms with Crippen molar-refractivity contribution in [2.24, 2.45) is 4.99 Å². The standard InChI is InChI=1S/C23H29N5O3/c1-17-15-19(18(16-21(17)30)24-8-13-29)25-22-20-7-3-4-9-27(20)26-23(22)31-14-12-28(2)10-5-6-11-28/h3-4,7,9,15-16,29H,5-6,8,10-14H2,1-2H3/p+1. The highest BCUT2D eigenvalue weighted by Gasteiger charge is 2.27. The molecule has 1 aliphatic heterocycles. The number of aliphatic hydroxyl groups is 1. The fraction of sp³-hybridized carbons (Fsp3) is 0.435. The monoisotopic (exact) mass is 424 g/mol. The SMILES string of the molecule is CC1=CC(=Nc2c(OCC[N+]3(C)CCCC3)nn3ccccc23)C(NCCO)=CC1=O. The number of hydrogen-bond acceptors (Lipinski definition) is 6. The van der Waals surface area contributed by atoms with Crippen LogP contribution in [0.2, 0.25) is 0 Å². The Labute approximate surface area is 182 Å². The number of hydrogen-bond donors (Lipinski definition) is 2. The third-order valence-corrected chi connectivity index (χ3v) is 5.95. The van der Waals surface area contributed by atoms with Crippen molar-refractivity contribution in [3.05, 3.63) is 47.8 Å². The second-order valence-corrected chi connectivity index (χ2v) is 8.43. The van der Waals surface area contributed by atoms with Gasteiger partial charge in [-0.2, -0.15) is 0 Å². The maximum Gasteiger partial charge on any atom is 0.260 e. The molecule has 164 valence electrons. The molecule has 31 heavy (non-hydrogen) atoms. The minimum Gasteiger partial charge on any atom is -0.469 e. The number of aliphatic hydroxyl groups excluding tert-OH is 1. The van der Waals surface area contributed by atoms with E-state index in [1.54, 1.807) is 17.5 Å². The molecule has 2 aliphatic rings. The van der Waals surface area contributed by atoms with E-state index in [0.29, 0.717) is 41.7 Å². The number of pyridine rings is 1. The number of fused-ring (bicyclic) bond motifs is 1. The van der Waals surface area contributed by atoms with Crippen LogP contribution in [0.1, 0.15) is 19.8 Å². The van der Waals surface area contributed by atoms with Gasteiger partial charge in [0.1, 0.15) is 13.2 Å². The molecule has 1 saturated heterocycles. The highest BCUT2D eigenvalue weighted by atomic mass is 16.5. The van der Waals surface area contributed by atoms with E-state index in [1.165, 1.54) is 32.0 Å². The molecule has 0 radical (unpaired) electrons. The smallest absolute Gasteiger partial charge is 0.260 e. The van der Waals surface area contributed by atoms with Crippen LogP contribution in [0.15, 0.2) is 52.8 Å². The molecule has 0 unspecified atom stereocenters. The fourth-order valence-corrected chi connectivity index (χ4v) is 4.07. The number of nitrogens with one attached hydrogen (secondary N) is 1. The normalized spacial score (nSPS) is 19.6. The third-order valence-electron chi connectivity index (χ3n) is 5.95. The van der Waals surface area contributed by atoms with Crippen molar-refractivity contribution in [2.75, 3.05) is 46.4 Å². The average molecular weight is 425 g/mol. The summed E-state index contributed by atoms with van der Waals surface area (Å²) in [6, 6.07) is 5.80. The zero-order valence-electron chi connectivity index (χ0n) is 18.2. The Hall–Kier alpha value is -2.97. The van der Waals surface area contributed by atoms with Gasteiger partial charge in [0, 0.05) is 31.7 Å². The Morgan fingerprint density at radius 1 is 1.29 bits per heavy atom. The van der Waals surface area contributed by atoms with Crippen molar-refractivity contribution in [1.82, 2.24) is 14.9 Å². The van der Waals surface area contributed by atoms with Crippen molar-refractivity contribution >= 4 is 22.7 Å². The summed E-state index contributed by atoms with van der Waals surface area (Å²) in [5.74, 6) is 0.410. The van der Waals surface area contributed by atoms with Crippen molar-refractivity contribution in [2.45, 2.75) is 19.8 Å². The summed E-state index contributed by atoms with van der Waals surface area (Å²) >= 11 is 0. The van der Waals surface area contributed by atoms with Gasteiger partial charge in [0.15, 0.2) is 11.5 Å². The van der Waals surface area contributed by atoms with Crippen molar-refractivity contribution < 1.29 is 19.1 Å². The number of ether oxygens (including phenoxy) is 1. The first-order chi connectivity index (χ1) is 15.0. The molecule has 0 amide bonds. The number of aromatic nitrogens is 2. The topological polar surface area (TPSA) is 88.2 Å². The maximum atomic E-state index is 12.1. The first-order valence-electron chi connectivity index (χ1n) is 10.8. The van der Waals surface area contributed by atoms with Crippen molar-refractivity contribution in [3.63, 3.8) is 0 Å². The quantitative estimate of drug-likeness (QED) is 0.500. The number of rotatable bonds is 8. The molecular formula is C23H30N5O3+. The van der Waals surface area contributed by atoms with Crippen LogP contribution < -0.4 is 10.1 Å². The molecule has 8 nitrogen and oxygen atoms in total. The molecule has 2 N–H and O–H groups in total. The van der Waals surface area contributed by atoms with Crippen LogP contribution in [0.4, 0.5) is 5.69 Å². The highest BCUT2D eigenvalue weighted by molar-refractivity contribution is 6.22. The highest BCUT2D eigenvalue weighted by Crippen LogP contribution is 2.33. The molecule has 1 aliphatic carbocycles. The summed E-state index contributed by atoms with van der Waals surface area (Å²) in [6.45, 7) is 5.94. The Balaban J connectivity index is 1.66. The summed E-state index contributed by atoms with van der Waals surface area (Å²) in [7, 11) is 2.28. The van der Waals surface area contributed by atoms with E-state index in [0.717, 1.165) is 16.5 Å². The molecule has 4 rings (SSSR count). The summed E-state index contributed by atoms with van der Waals surface area (Å²) < 4.78 is 8.92. The molecular weight excluding hydrogens is 394 g/mol. The van der Waals surface area contributed by atoms with E-state index < -0.39 is 0 Å². The van der Waals surface area contributed by atoms with Crippen LogP contribution in [0.5, 0.6) is 5.88 Å². The molecule has 0 aromatic carbocycles. The van der Waals surface area contributed by atoms with Gasteiger partial charge in [0.05, 0.1) is 43.7 Å². The van der Waals surface area contributed by atoms with E-state index in [1.807, 2.05) is 24.4 Å². The number of carbonyl (C=O) groups excluding carboxylic acids is 1. The number of ketones is 1. The van der Waals surface area contributed by atoms with Gasteiger partial charge < -0.3 is 19.6 Å². The van der Waals surface area contributed by atoms with Crippen LogP contribution in [0.25, 0.3) is 5.52 Å². The molecule has 3 heterocycles. The van der Waals surface area contributed by atoms with Crippen molar-refractivity contribution in [3.8, 4) is 5.88 Å².